The van der Waals surface area contributed by atoms with Gasteiger partial charge in [0.15, 0.2) is 11.3 Å². The molecule has 1 amide bonds. The Labute approximate surface area is 180 Å². The molecular formula is C19H20F4N8O. The van der Waals surface area contributed by atoms with E-state index in [0.29, 0.717) is 23.6 Å². The third-order valence-electron chi connectivity index (χ3n) is 4.17. The second kappa shape index (κ2) is 11.0. The van der Waals surface area contributed by atoms with Crippen LogP contribution in [0.2, 0.25) is 0 Å². The summed E-state index contributed by atoms with van der Waals surface area (Å²) < 4.78 is 46.2. The zero-order valence-corrected chi connectivity index (χ0v) is 17.4. The van der Waals surface area contributed by atoms with Gasteiger partial charge in [0.25, 0.3) is 6.43 Å². The molecule has 1 unspecified atom stereocenters. The topological polar surface area (TPSA) is 112 Å². The molecule has 1 aliphatic rings. The van der Waals surface area contributed by atoms with Gasteiger partial charge in [0.2, 0.25) is 12.8 Å². The summed E-state index contributed by atoms with van der Waals surface area (Å²) >= 11 is 0. The van der Waals surface area contributed by atoms with Gasteiger partial charge < -0.3 is 10.2 Å². The summed E-state index contributed by atoms with van der Waals surface area (Å²) in [5, 5.41) is 22.3. The van der Waals surface area contributed by atoms with E-state index in [-0.39, 0.29) is 11.6 Å². The molecule has 13 heteroatoms. The van der Waals surface area contributed by atoms with Gasteiger partial charge in [-0.3, -0.25) is 4.79 Å². The molecule has 4 rings (SSSR count). The lowest BCUT2D eigenvalue weighted by Gasteiger charge is -2.08. The lowest BCUT2D eigenvalue weighted by molar-refractivity contribution is -0.107. The monoisotopic (exact) mass is 452 g/mol. The van der Waals surface area contributed by atoms with E-state index in [2.05, 4.69) is 25.6 Å². The molecule has 3 aromatic heterocycles. The molecule has 1 atom stereocenters. The van der Waals surface area contributed by atoms with Gasteiger partial charge in [-0.1, -0.05) is 6.92 Å². The molecule has 0 bridgehead atoms. The Morgan fingerprint density at radius 3 is 2.53 bits per heavy atom. The summed E-state index contributed by atoms with van der Waals surface area (Å²) in [4.78, 5) is 16.7. The van der Waals surface area contributed by atoms with E-state index in [4.69, 9.17) is 5.26 Å². The second-order valence-electron chi connectivity index (χ2n) is 6.54. The molecule has 4 heterocycles. The standard InChI is InChI=1S/C11H9N5O.C6H7F2N3.C2H4F2/c1-7-5-15(6-17)9-4-13-10-2-8(3-12)14-16(10)11(7)9;1-9-4-2-5(6(7)8)11-10-3-4;1-2(3)4/h2,4,6-7H,5H2,1H3;2-3,6H,1H3,(H,9,11);2H,1H3. The zero-order chi connectivity index (χ0) is 23.8. The first-order valence-corrected chi connectivity index (χ1v) is 9.29. The van der Waals surface area contributed by atoms with E-state index in [1.54, 1.807) is 28.7 Å². The summed E-state index contributed by atoms with van der Waals surface area (Å²) in [6, 6.07) is 4.89. The van der Waals surface area contributed by atoms with E-state index in [0.717, 1.165) is 24.7 Å². The second-order valence-corrected chi connectivity index (χ2v) is 6.54. The molecular weight excluding hydrogens is 432 g/mol. The molecule has 0 radical (unpaired) electrons. The summed E-state index contributed by atoms with van der Waals surface area (Å²) in [5.74, 6) is 0.187. The molecule has 9 nitrogen and oxygen atoms in total. The van der Waals surface area contributed by atoms with Crippen molar-refractivity contribution in [2.75, 3.05) is 23.8 Å². The Bertz CT molecular complexity index is 1100. The first-order chi connectivity index (χ1) is 15.2. The van der Waals surface area contributed by atoms with Crippen molar-refractivity contribution in [3.8, 4) is 6.07 Å². The van der Waals surface area contributed by atoms with Crippen LogP contribution in [0, 0.1) is 11.3 Å². The van der Waals surface area contributed by atoms with Crippen molar-refractivity contribution in [3.05, 3.63) is 41.6 Å². The van der Waals surface area contributed by atoms with Gasteiger partial charge in [-0.05, 0) is 13.0 Å². The van der Waals surface area contributed by atoms with Gasteiger partial charge in [-0.2, -0.15) is 15.5 Å². The number of halogens is 4. The number of fused-ring (bicyclic) bond motifs is 3. The van der Waals surface area contributed by atoms with Crippen LogP contribution in [0.1, 0.15) is 43.3 Å². The van der Waals surface area contributed by atoms with Gasteiger partial charge in [0.1, 0.15) is 11.8 Å². The minimum absolute atomic E-state index is 0.187. The number of aromatic nitrogens is 5. The Morgan fingerprint density at radius 1 is 1.28 bits per heavy atom. The van der Waals surface area contributed by atoms with Crippen molar-refractivity contribution in [1.82, 2.24) is 24.8 Å². The normalized spacial score (nSPS) is 14.2. The van der Waals surface area contributed by atoms with Crippen LogP contribution in [0.3, 0.4) is 0 Å². The fraction of sp³-hybridized carbons (Fsp3) is 0.368. The fourth-order valence-corrected chi connectivity index (χ4v) is 2.89. The number of carbonyl (C=O) groups is 1. The van der Waals surface area contributed by atoms with E-state index >= 15 is 0 Å². The molecule has 1 N–H and O–H groups in total. The number of nitrogens with one attached hydrogen (secondary N) is 1. The van der Waals surface area contributed by atoms with Crippen LogP contribution >= 0.6 is 0 Å². The van der Waals surface area contributed by atoms with Crippen molar-refractivity contribution in [3.63, 3.8) is 0 Å². The average molecular weight is 452 g/mol. The Morgan fingerprint density at radius 2 is 1.97 bits per heavy atom. The fourth-order valence-electron chi connectivity index (χ4n) is 2.89. The van der Waals surface area contributed by atoms with Gasteiger partial charge in [-0.25, -0.2) is 27.1 Å². The highest BCUT2D eigenvalue weighted by Gasteiger charge is 2.29. The van der Waals surface area contributed by atoms with Crippen LogP contribution in [0.25, 0.3) is 5.65 Å². The molecule has 0 fully saturated rings. The number of nitriles is 1. The Hall–Kier alpha value is -3.82. The first-order valence-electron chi connectivity index (χ1n) is 9.29. The van der Waals surface area contributed by atoms with Crippen LogP contribution < -0.4 is 10.2 Å². The Kier molecular flexibility index (Phi) is 8.39. The van der Waals surface area contributed by atoms with Crippen molar-refractivity contribution >= 4 is 23.4 Å². The average Bonchev–Trinajstić information content (AvgIpc) is 3.34. The van der Waals surface area contributed by atoms with Gasteiger partial charge in [0.05, 0.1) is 29.5 Å². The predicted octanol–water partition coefficient (Wildman–Crippen LogP) is 3.41. The quantitative estimate of drug-likeness (QED) is 0.479. The van der Waals surface area contributed by atoms with E-state index in [1.807, 2.05) is 13.0 Å². The summed E-state index contributed by atoms with van der Waals surface area (Å²) in [6.45, 7) is 3.48. The van der Waals surface area contributed by atoms with Crippen LogP contribution in [0.5, 0.6) is 0 Å². The number of anilines is 2. The highest BCUT2D eigenvalue weighted by molar-refractivity contribution is 5.79. The number of carbonyl (C=O) groups excluding carboxylic acids is 1. The summed E-state index contributed by atoms with van der Waals surface area (Å²) in [7, 11) is 1.63. The highest BCUT2D eigenvalue weighted by atomic mass is 19.3. The maximum absolute atomic E-state index is 12.0. The van der Waals surface area contributed by atoms with E-state index in [9.17, 15) is 22.4 Å². The van der Waals surface area contributed by atoms with Crippen molar-refractivity contribution in [1.29, 1.82) is 5.26 Å². The van der Waals surface area contributed by atoms with E-state index < -0.39 is 12.9 Å². The molecule has 0 aromatic carbocycles. The van der Waals surface area contributed by atoms with Crippen LogP contribution in [-0.2, 0) is 4.79 Å². The number of hydrogen-bond donors (Lipinski definition) is 1. The predicted molar refractivity (Wildman–Crippen MR) is 108 cm³/mol. The maximum atomic E-state index is 12.0. The lowest BCUT2D eigenvalue weighted by atomic mass is 10.1. The number of rotatable bonds is 3. The summed E-state index contributed by atoms with van der Waals surface area (Å²) in [5.41, 5.74) is 2.91. The Balaban J connectivity index is 0.000000209. The van der Waals surface area contributed by atoms with E-state index in [1.165, 1.54) is 12.3 Å². The van der Waals surface area contributed by atoms with Crippen LogP contribution in [0.15, 0.2) is 24.5 Å². The molecule has 0 saturated carbocycles. The lowest BCUT2D eigenvalue weighted by Crippen LogP contribution is -2.18. The minimum Gasteiger partial charge on any atom is -0.387 e. The largest absolute Gasteiger partial charge is 0.387 e. The molecule has 0 saturated heterocycles. The van der Waals surface area contributed by atoms with Gasteiger partial charge in [0, 0.05) is 25.6 Å². The van der Waals surface area contributed by atoms with Crippen molar-refractivity contribution in [2.45, 2.75) is 32.6 Å². The van der Waals surface area contributed by atoms with Crippen molar-refractivity contribution < 1.29 is 22.4 Å². The maximum Gasteiger partial charge on any atom is 0.282 e. The third-order valence-corrected chi connectivity index (χ3v) is 4.17. The van der Waals surface area contributed by atoms with Gasteiger partial charge >= 0.3 is 0 Å². The van der Waals surface area contributed by atoms with Crippen molar-refractivity contribution in [2.24, 2.45) is 0 Å². The number of nitrogens with zero attached hydrogens (tertiary/aromatic N) is 7. The number of alkyl halides is 4. The highest BCUT2D eigenvalue weighted by Crippen LogP contribution is 2.34. The van der Waals surface area contributed by atoms with Crippen LogP contribution in [-0.4, -0.2) is 51.2 Å². The van der Waals surface area contributed by atoms with Crippen LogP contribution in [0.4, 0.5) is 28.9 Å². The molecule has 3 aromatic rings. The first kappa shape index (κ1) is 24.4. The minimum atomic E-state index is -2.56. The third kappa shape index (κ3) is 5.87. The molecule has 32 heavy (non-hydrogen) atoms. The number of amides is 1. The smallest absolute Gasteiger partial charge is 0.282 e. The number of hydrogen-bond acceptors (Lipinski definition) is 7. The molecule has 170 valence electrons. The molecule has 1 aliphatic heterocycles. The molecule has 0 aliphatic carbocycles. The summed E-state index contributed by atoms with van der Waals surface area (Å²) in [6.07, 6.45) is -0.891. The molecule has 0 spiro atoms. The SMILES string of the molecule is CC(F)F.CC1CN(C=O)c2cnc3cc(C#N)nn3c21.CNc1cnnc(C(F)F)c1. The van der Waals surface area contributed by atoms with Gasteiger partial charge in [-0.15, -0.1) is 5.10 Å². The zero-order valence-electron chi connectivity index (χ0n) is 17.4.